The quantitative estimate of drug-likeness (QED) is 0.791. The van der Waals surface area contributed by atoms with Crippen LogP contribution < -0.4 is 10.5 Å². The van der Waals surface area contributed by atoms with Crippen molar-refractivity contribution in [2.24, 2.45) is 0 Å². The minimum absolute atomic E-state index is 0.523. The summed E-state index contributed by atoms with van der Waals surface area (Å²) in [6.45, 7) is 1.62. The minimum Gasteiger partial charge on any atom is -0.475 e. The van der Waals surface area contributed by atoms with Gasteiger partial charge in [0.15, 0.2) is 0 Å². The molecule has 0 aliphatic rings. The lowest BCUT2D eigenvalue weighted by atomic mass is 10.3. The molecule has 0 amide bonds. The Morgan fingerprint density at radius 3 is 2.94 bits per heavy atom. The summed E-state index contributed by atoms with van der Waals surface area (Å²) in [5.41, 5.74) is 7.45. The molecule has 0 aromatic carbocycles. The third-order valence-corrected chi connectivity index (χ3v) is 2.53. The van der Waals surface area contributed by atoms with Crippen LogP contribution in [0, 0.1) is 0 Å². The number of anilines is 1. The van der Waals surface area contributed by atoms with Crippen LogP contribution in [0.15, 0.2) is 24.4 Å². The molecule has 2 N–H and O–H groups in total. The van der Waals surface area contributed by atoms with E-state index in [4.69, 9.17) is 10.5 Å². The first-order valence-corrected chi connectivity index (χ1v) is 5.69. The molecule has 0 fully saturated rings. The predicted molar refractivity (Wildman–Crippen MR) is 68.3 cm³/mol. The van der Waals surface area contributed by atoms with Crippen molar-refractivity contribution in [2.75, 3.05) is 33.0 Å². The zero-order valence-electron chi connectivity index (χ0n) is 10.3. The molecule has 0 spiro atoms. The number of ether oxygens (including phenoxy) is 1. The molecule has 2 rings (SSSR count). The SMILES string of the molecule is CN(C)CCCOc1nn2ccccc2c1N. The molecule has 0 saturated heterocycles. The van der Waals surface area contributed by atoms with Crippen molar-refractivity contribution in [3.05, 3.63) is 24.4 Å². The van der Waals surface area contributed by atoms with Gasteiger partial charge in [0.2, 0.25) is 0 Å². The molecule has 5 heteroatoms. The highest BCUT2D eigenvalue weighted by molar-refractivity contribution is 5.74. The van der Waals surface area contributed by atoms with Crippen LogP contribution in [0.25, 0.3) is 5.52 Å². The molecule has 0 aliphatic heterocycles. The third-order valence-electron chi connectivity index (χ3n) is 2.53. The van der Waals surface area contributed by atoms with E-state index < -0.39 is 0 Å². The van der Waals surface area contributed by atoms with Gasteiger partial charge in [-0.15, -0.1) is 5.10 Å². The Labute approximate surface area is 101 Å². The maximum absolute atomic E-state index is 5.96. The Hall–Kier alpha value is -1.75. The van der Waals surface area contributed by atoms with Gasteiger partial charge in [-0.25, -0.2) is 4.52 Å². The Kier molecular flexibility index (Phi) is 3.49. The monoisotopic (exact) mass is 234 g/mol. The maximum Gasteiger partial charge on any atom is 0.257 e. The first kappa shape index (κ1) is 11.7. The topological polar surface area (TPSA) is 55.8 Å². The molecule has 0 bridgehead atoms. The van der Waals surface area contributed by atoms with E-state index in [1.807, 2.05) is 38.5 Å². The molecule has 0 atom stereocenters. The molecule has 0 unspecified atom stereocenters. The number of hydrogen-bond donors (Lipinski definition) is 1. The summed E-state index contributed by atoms with van der Waals surface area (Å²) in [4.78, 5) is 2.12. The molecular weight excluding hydrogens is 216 g/mol. The first-order chi connectivity index (χ1) is 8.18. The maximum atomic E-state index is 5.96. The van der Waals surface area contributed by atoms with Crippen LogP contribution in [0.1, 0.15) is 6.42 Å². The van der Waals surface area contributed by atoms with Crippen molar-refractivity contribution in [1.29, 1.82) is 0 Å². The summed E-state index contributed by atoms with van der Waals surface area (Å²) in [6.07, 6.45) is 2.82. The minimum atomic E-state index is 0.523. The van der Waals surface area contributed by atoms with E-state index in [0.29, 0.717) is 18.2 Å². The smallest absolute Gasteiger partial charge is 0.257 e. The second kappa shape index (κ2) is 5.05. The molecule has 0 radical (unpaired) electrons. The lowest BCUT2D eigenvalue weighted by Crippen LogP contribution is -2.15. The van der Waals surface area contributed by atoms with Crippen molar-refractivity contribution in [3.63, 3.8) is 0 Å². The Morgan fingerprint density at radius 2 is 2.24 bits per heavy atom. The summed E-state index contributed by atoms with van der Waals surface area (Å²) >= 11 is 0. The van der Waals surface area contributed by atoms with Gasteiger partial charge in [-0.05, 0) is 32.6 Å². The van der Waals surface area contributed by atoms with E-state index in [2.05, 4.69) is 10.00 Å². The van der Waals surface area contributed by atoms with Gasteiger partial charge in [0, 0.05) is 12.7 Å². The van der Waals surface area contributed by atoms with Crippen LogP contribution >= 0.6 is 0 Å². The van der Waals surface area contributed by atoms with E-state index in [0.717, 1.165) is 18.5 Å². The lowest BCUT2D eigenvalue weighted by molar-refractivity contribution is 0.273. The molecule has 92 valence electrons. The zero-order chi connectivity index (χ0) is 12.3. The van der Waals surface area contributed by atoms with Crippen molar-refractivity contribution in [2.45, 2.75) is 6.42 Å². The van der Waals surface area contributed by atoms with Crippen molar-refractivity contribution >= 4 is 11.2 Å². The number of fused-ring (bicyclic) bond motifs is 1. The summed E-state index contributed by atoms with van der Waals surface area (Å²) in [7, 11) is 4.08. The highest BCUT2D eigenvalue weighted by Crippen LogP contribution is 2.24. The Bertz CT molecular complexity index is 492. The summed E-state index contributed by atoms with van der Waals surface area (Å²) < 4.78 is 7.32. The number of nitrogen functional groups attached to an aromatic ring is 1. The van der Waals surface area contributed by atoms with Crippen LogP contribution in [-0.2, 0) is 0 Å². The van der Waals surface area contributed by atoms with E-state index in [-0.39, 0.29) is 0 Å². The van der Waals surface area contributed by atoms with Gasteiger partial charge in [-0.2, -0.15) is 0 Å². The zero-order valence-corrected chi connectivity index (χ0v) is 10.3. The van der Waals surface area contributed by atoms with E-state index in [1.54, 1.807) is 4.52 Å². The number of hydrogen-bond acceptors (Lipinski definition) is 4. The van der Waals surface area contributed by atoms with Gasteiger partial charge in [-0.3, -0.25) is 0 Å². The van der Waals surface area contributed by atoms with Gasteiger partial charge >= 0.3 is 0 Å². The number of nitrogens with zero attached hydrogens (tertiary/aromatic N) is 3. The largest absolute Gasteiger partial charge is 0.475 e. The fraction of sp³-hybridized carbons (Fsp3) is 0.417. The molecule has 2 aromatic rings. The van der Waals surface area contributed by atoms with Crippen molar-refractivity contribution in [1.82, 2.24) is 14.5 Å². The standard InChI is InChI=1S/C12H18N4O/c1-15(2)7-5-9-17-12-11(13)10-6-3-4-8-16(10)14-12/h3-4,6,8H,5,7,9,13H2,1-2H3. The van der Waals surface area contributed by atoms with Gasteiger partial charge in [-0.1, -0.05) is 6.07 Å². The fourth-order valence-electron chi connectivity index (χ4n) is 1.65. The van der Waals surface area contributed by atoms with E-state index >= 15 is 0 Å². The average Bonchev–Trinajstić information content (AvgIpc) is 2.63. The highest BCUT2D eigenvalue weighted by atomic mass is 16.5. The summed E-state index contributed by atoms with van der Waals surface area (Å²) in [5.74, 6) is 0.523. The van der Waals surface area contributed by atoms with Crippen LogP contribution in [0.4, 0.5) is 5.69 Å². The van der Waals surface area contributed by atoms with Gasteiger partial charge in [0.05, 0.1) is 12.1 Å². The Balaban J connectivity index is 2.01. The van der Waals surface area contributed by atoms with Gasteiger partial charge in [0.1, 0.15) is 5.69 Å². The van der Waals surface area contributed by atoms with Gasteiger partial charge in [0.25, 0.3) is 5.88 Å². The predicted octanol–water partition coefficient (Wildman–Crippen LogP) is 1.25. The number of pyridine rings is 1. The molecule has 0 aliphatic carbocycles. The van der Waals surface area contributed by atoms with Crippen LogP contribution in [0.5, 0.6) is 5.88 Å². The summed E-state index contributed by atoms with van der Waals surface area (Å²) in [5, 5.41) is 4.28. The molecule has 17 heavy (non-hydrogen) atoms. The second-order valence-corrected chi connectivity index (χ2v) is 4.25. The molecule has 0 saturated carbocycles. The van der Waals surface area contributed by atoms with Crippen molar-refractivity contribution in [3.8, 4) is 5.88 Å². The number of rotatable bonds is 5. The highest BCUT2D eigenvalue weighted by Gasteiger charge is 2.09. The third kappa shape index (κ3) is 2.68. The van der Waals surface area contributed by atoms with E-state index in [1.165, 1.54) is 0 Å². The normalized spacial score (nSPS) is 11.2. The Morgan fingerprint density at radius 1 is 1.41 bits per heavy atom. The second-order valence-electron chi connectivity index (χ2n) is 4.25. The van der Waals surface area contributed by atoms with Crippen LogP contribution in [-0.4, -0.2) is 41.8 Å². The fourth-order valence-corrected chi connectivity index (χ4v) is 1.65. The lowest BCUT2D eigenvalue weighted by Gasteiger charge is -2.09. The van der Waals surface area contributed by atoms with Crippen molar-refractivity contribution < 1.29 is 4.74 Å². The molecule has 5 nitrogen and oxygen atoms in total. The van der Waals surface area contributed by atoms with Crippen LogP contribution in [0.3, 0.4) is 0 Å². The number of aromatic nitrogens is 2. The number of nitrogens with two attached hydrogens (primary N) is 1. The summed E-state index contributed by atoms with van der Waals surface area (Å²) in [6, 6.07) is 5.77. The van der Waals surface area contributed by atoms with Crippen LogP contribution in [0.2, 0.25) is 0 Å². The molecule has 2 heterocycles. The average molecular weight is 234 g/mol. The van der Waals surface area contributed by atoms with Gasteiger partial charge < -0.3 is 15.4 Å². The van der Waals surface area contributed by atoms with E-state index in [9.17, 15) is 0 Å². The first-order valence-electron chi connectivity index (χ1n) is 5.69. The molecular formula is C12H18N4O. The molecule has 2 aromatic heterocycles.